The second-order valence-corrected chi connectivity index (χ2v) is 5.44. The molecule has 0 aliphatic carbocycles. The van der Waals surface area contributed by atoms with Crippen molar-refractivity contribution in [2.45, 2.75) is 26.3 Å². The van der Waals surface area contributed by atoms with Crippen molar-refractivity contribution in [3.05, 3.63) is 30.5 Å². The number of carbonyl (C=O) groups excluding carboxylic acids is 2. The van der Waals surface area contributed by atoms with Crippen molar-refractivity contribution in [3.63, 3.8) is 0 Å². The number of rotatable bonds is 8. The summed E-state index contributed by atoms with van der Waals surface area (Å²) in [6.45, 7) is 7.47. The molecule has 2 rings (SSSR count). The number of halogens is 1. The molecule has 0 saturated heterocycles. The molecule has 0 radical (unpaired) electrons. The van der Waals surface area contributed by atoms with Crippen LogP contribution in [0.5, 0.6) is 0 Å². The number of hydrogen-bond acceptors (Lipinski definition) is 7. The molecule has 2 heterocycles. The van der Waals surface area contributed by atoms with Gasteiger partial charge in [0.2, 0.25) is 0 Å². The average Bonchev–Trinajstić information content (AvgIpc) is 3.01. The molecule has 9 heteroatoms. The molecular formula is C16H19ClN4O4. The quantitative estimate of drug-likeness (QED) is 0.306. The molecule has 2 aromatic heterocycles. The fourth-order valence-corrected chi connectivity index (χ4v) is 2.58. The largest absolute Gasteiger partial charge is 0.465 e. The molecule has 0 spiro atoms. The molecule has 0 aliphatic heterocycles. The van der Waals surface area contributed by atoms with E-state index in [1.165, 1.54) is 12.7 Å². The Labute approximate surface area is 149 Å². The van der Waals surface area contributed by atoms with Gasteiger partial charge in [0.1, 0.15) is 11.8 Å². The van der Waals surface area contributed by atoms with Crippen LogP contribution in [0.4, 0.5) is 0 Å². The van der Waals surface area contributed by atoms with Gasteiger partial charge in [0, 0.05) is 0 Å². The highest BCUT2D eigenvalue weighted by atomic mass is 35.5. The lowest BCUT2D eigenvalue weighted by Gasteiger charge is -2.20. The predicted molar refractivity (Wildman–Crippen MR) is 90.9 cm³/mol. The fraction of sp³-hybridized carbons (Fsp3) is 0.438. The maximum absolute atomic E-state index is 12.2. The summed E-state index contributed by atoms with van der Waals surface area (Å²) in [5.41, 5.74) is 0.913. The molecule has 1 atom stereocenters. The van der Waals surface area contributed by atoms with Crippen molar-refractivity contribution in [1.29, 1.82) is 0 Å². The minimum Gasteiger partial charge on any atom is -0.465 e. The van der Waals surface area contributed by atoms with Crippen molar-refractivity contribution in [1.82, 2.24) is 19.5 Å². The van der Waals surface area contributed by atoms with Gasteiger partial charge in [-0.2, -0.15) is 0 Å². The van der Waals surface area contributed by atoms with Gasteiger partial charge in [-0.3, -0.25) is 9.59 Å². The van der Waals surface area contributed by atoms with Crippen LogP contribution in [-0.2, 0) is 19.1 Å². The Morgan fingerprint density at radius 3 is 2.44 bits per heavy atom. The summed E-state index contributed by atoms with van der Waals surface area (Å²) in [6, 6.07) is -0.435. The van der Waals surface area contributed by atoms with Crippen molar-refractivity contribution < 1.29 is 19.1 Å². The lowest BCUT2D eigenvalue weighted by Crippen LogP contribution is -2.30. The Morgan fingerprint density at radius 1 is 1.24 bits per heavy atom. The zero-order chi connectivity index (χ0) is 18.4. The van der Waals surface area contributed by atoms with Crippen molar-refractivity contribution >= 4 is 34.7 Å². The molecule has 0 amide bonds. The zero-order valence-electron chi connectivity index (χ0n) is 14.0. The third-order valence-electron chi connectivity index (χ3n) is 3.56. The van der Waals surface area contributed by atoms with Crippen LogP contribution in [0.15, 0.2) is 25.3 Å². The van der Waals surface area contributed by atoms with Gasteiger partial charge in [-0.15, -0.1) is 6.58 Å². The maximum atomic E-state index is 12.2. The predicted octanol–water partition coefficient (Wildman–Crippen LogP) is 2.34. The van der Waals surface area contributed by atoms with Crippen LogP contribution in [0.2, 0.25) is 5.15 Å². The van der Waals surface area contributed by atoms with E-state index in [1.54, 1.807) is 24.5 Å². The van der Waals surface area contributed by atoms with E-state index in [0.717, 1.165) is 0 Å². The molecule has 1 unspecified atom stereocenters. The number of nitrogens with zero attached hydrogens (tertiary/aromatic N) is 4. The van der Waals surface area contributed by atoms with E-state index < -0.39 is 23.9 Å². The molecule has 0 bridgehead atoms. The van der Waals surface area contributed by atoms with Crippen molar-refractivity contribution in [2.24, 2.45) is 5.92 Å². The highest BCUT2D eigenvalue weighted by Crippen LogP contribution is 2.26. The second-order valence-electron chi connectivity index (χ2n) is 5.08. The second kappa shape index (κ2) is 8.57. The highest BCUT2D eigenvalue weighted by molar-refractivity contribution is 6.33. The van der Waals surface area contributed by atoms with Crippen LogP contribution < -0.4 is 0 Å². The van der Waals surface area contributed by atoms with Gasteiger partial charge >= 0.3 is 11.9 Å². The van der Waals surface area contributed by atoms with E-state index in [2.05, 4.69) is 21.5 Å². The molecule has 0 aliphatic rings. The molecule has 8 nitrogen and oxygen atoms in total. The van der Waals surface area contributed by atoms with Crippen molar-refractivity contribution in [3.8, 4) is 0 Å². The smallest absolute Gasteiger partial charge is 0.320 e. The minimum absolute atomic E-state index is 0.105. The normalized spacial score (nSPS) is 12.2. The third kappa shape index (κ3) is 4.14. The van der Waals surface area contributed by atoms with Gasteiger partial charge in [0.25, 0.3) is 0 Å². The Morgan fingerprint density at radius 2 is 1.88 bits per heavy atom. The molecule has 0 saturated carbocycles. The highest BCUT2D eigenvalue weighted by Gasteiger charge is 2.32. The number of allylic oxidation sites excluding steroid dienone is 1. The van der Waals surface area contributed by atoms with E-state index in [0.29, 0.717) is 11.2 Å². The number of hydrogen-bond donors (Lipinski definition) is 0. The molecule has 0 aromatic carbocycles. The first kappa shape index (κ1) is 18.9. The molecule has 0 N–H and O–H groups in total. The van der Waals surface area contributed by atoms with E-state index in [-0.39, 0.29) is 24.8 Å². The zero-order valence-corrected chi connectivity index (χ0v) is 14.8. The number of carbonyl (C=O) groups is 2. The van der Waals surface area contributed by atoms with Crippen LogP contribution in [0.1, 0.15) is 26.3 Å². The van der Waals surface area contributed by atoms with E-state index >= 15 is 0 Å². The Hall–Kier alpha value is -2.48. The van der Waals surface area contributed by atoms with E-state index in [4.69, 9.17) is 21.1 Å². The molecule has 134 valence electrons. The average molecular weight is 367 g/mol. The van der Waals surface area contributed by atoms with E-state index in [9.17, 15) is 9.59 Å². The number of esters is 2. The lowest BCUT2D eigenvalue weighted by atomic mass is 9.99. The first-order valence-electron chi connectivity index (χ1n) is 7.82. The van der Waals surface area contributed by atoms with Gasteiger partial charge in [-0.1, -0.05) is 17.7 Å². The van der Waals surface area contributed by atoms with Crippen molar-refractivity contribution in [2.75, 3.05) is 13.2 Å². The van der Waals surface area contributed by atoms with Crippen LogP contribution >= 0.6 is 11.6 Å². The van der Waals surface area contributed by atoms with Gasteiger partial charge in [-0.05, 0) is 20.3 Å². The first-order chi connectivity index (χ1) is 12.0. The van der Waals surface area contributed by atoms with Crippen LogP contribution in [0.25, 0.3) is 11.2 Å². The van der Waals surface area contributed by atoms with Gasteiger partial charge in [0.15, 0.2) is 16.7 Å². The SMILES string of the molecule is C=CC(CC(C(=O)OCC)C(=O)OCC)n1cnc2c(Cl)ncnc21. The third-order valence-corrected chi connectivity index (χ3v) is 3.84. The van der Waals surface area contributed by atoms with Gasteiger partial charge in [0.05, 0.1) is 25.6 Å². The summed E-state index contributed by atoms with van der Waals surface area (Å²) in [6.07, 6.45) is 4.54. The number of aromatic nitrogens is 4. The summed E-state index contributed by atoms with van der Waals surface area (Å²) in [5.74, 6) is -2.34. The topological polar surface area (TPSA) is 96.2 Å². The Kier molecular flexibility index (Phi) is 6.46. The molecular weight excluding hydrogens is 348 g/mol. The monoisotopic (exact) mass is 366 g/mol. The van der Waals surface area contributed by atoms with Crippen LogP contribution in [0.3, 0.4) is 0 Å². The van der Waals surface area contributed by atoms with Crippen LogP contribution in [-0.4, -0.2) is 44.7 Å². The first-order valence-corrected chi connectivity index (χ1v) is 8.20. The maximum Gasteiger partial charge on any atom is 0.320 e. The summed E-state index contributed by atoms with van der Waals surface area (Å²) >= 11 is 6.01. The lowest BCUT2D eigenvalue weighted by molar-refractivity contribution is -0.162. The number of fused-ring (bicyclic) bond motifs is 1. The summed E-state index contributed by atoms with van der Waals surface area (Å²) < 4.78 is 11.7. The minimum atomic E-state index is -1.07. The molecule has 0 fully saturated rings. The molecule has 25 heavy (non-hydrogen) atoms. The fourth-order valence-electron chi connectivity index (χ4n) is 2.41. The van der Waals surface area contributed by atoms with E-state index in [1.807, 2.05) is 0 Å². The number of imidazole rings is 1. The summed E-state index contributed by atoms with van der Waals surface area (Å²) in [7, 11) is 0. The van der Waals surface area contributed by atoms with Gasteiger partial charge < -0.3 is 14.0 Å². The summed E-state index contributed by atoms with van der Waals surface area (Å²) in [5, 5.41) is 0.221. The number of ether oxygens (including phenoxy) is 2. The van der Waals surface area contributed by atoms with Gasteiger partial charge in [-0.25, -0.2) is 15.0 Å². The van der Waals surface area contributed by atoms with Crippen LogP contribution in [0, 0.1) is 5.92 Å². The standard InChI is InChI=1S/C16H19ClN4O4/c1-4-10(7-11(15(22)24-5-2)16(23)25-6-3)21-9-20-12-13(17)18-8-19-14(12)21/h4,8-11H,1,5-7H2,2-3H3. The Balaban J connectivity index is 2.33. The summed E-state index contributed by atoms with van der Waals surface area (Å²) in [4.78, 5) is 36.6. The Bertz CT molecular complexity index is 759. The molecule has 2 aromatic rings.